The molecule has 0 fully saturated rings. The molecule has 0 aliphatic carbocycles. The van der Waals surface area contributed by atoms with Crippen molar-refractivity contribution in [1.82, 2.24) is 15.5 Å². The van der Waals surface area contributed by atoms with Gasteiger partial charge >= 0.3 is 0 Å². The summed E-state index contributed by atoms with van der Waals surface area (Å²) in [4.78, 5) is 18.4. The van der Waals surface area contributed by atoms with Crippen LogP contribution in [0.3, 0.4) is 0 Å². The van der Waals surface area contributed by atoms with Crippen LogP contribution in [0.25, 0.3) is 0 Å². The van der Waals surface area contributed by atoms with Gasteiger partial charge in [-0.1, -0.05) is 40.2 Å². The number of nitrogens with zero attached hydrogens (tertiary/aromatic N) is 2. The quantitative estimate of drug-likeness (QED) is 0.560. The van der Waals surface area contributed by atoms with E-state index in [2.05, 4.69) is 50.5 Å². The SMILES string of the molecule is CCNC(=NCc1ccc(C(=O)NC)cc1)N(C)Cc1ccc(Br)cc1. The molecule has 0 spiro atoms. The first-order valence-electron chi connectivity index (χ1n) is 8.58. The zero-order valence-corrected chi connectivity index (χ0v) is 17.0. The summed E-state index contributed by atoms with van der Waals surface area (Å²) in [6, 6.07) is 15.8. The smallest absolute Gasteiger partial charge is 0.251 e. The molecule has 0 unspecified atom stereocenters. The fourth-order valence-electron chi connectivity index (χ4n) is 2.48. The van der Waals surface area contributed by atoms with Crippen LogP contribution in [0.4, 0.5) is 0 Å². The van der Waals surface area contributed by atoms with E-state index >= 15 is 0 Å². The number of hydrogen-bond acceptors (Lipinski definition) is 2. The van der Waals surface area contributed by atoms with E-state index in [0.29, 0.717) is 12.1 Å². The third-order valence-electron chi connectivity index (χ3n) is 3.88. The van der Waals surface area contributed by atoms with E-state index in [9.17, 15) is 4.79 Å². The molecule has 0 aliphatic heterocycles. The van der Waals surface area contributed by atoms with Gasteiger partial charge in [0.15, 0.2) is 5.96 Å². The zero-order chi connectivity index (χ0) is 18.9. The molecule has 138 valence electrons. The van der Waals surface area contributed by atoms with Crippen molar-refractivity contribution in [2.24, 2.45) is 4.99 Å². The van der Waals surface area contributed by atoms with Gasteiger partial charge in [0, 0.05) is 37.2 Å². The fourth-order valence-corrected chi connectivity index (χ4v) is 2.74. The Morgan fingerprint density at radius 2 is 1.69 bits per heavy atom. The van der Waals surface area contributed by atoms with Gasteiger partial charge < -0.3 is 15.5 Å². The molecule has 0 heterocycles. The van der Waals surface area contributed by atoms with Crippen LogP contribution < -0.4 is 10.6 Å². The number of carbonyl (C=O) groups is 1. The van der Waals surface area contributed by atoms with E-state index in [-0.39, 0.29) is 5.91 Å². The molecule has 5 nitrogen and oxygen atoms in total. The van der Waals surface area contributed by atoms with Gasteiger partial charge in [-0.3, -0.25) is 4.79 Å². The number of hydrogen-bond donors (Lipinski definition) is 2. The molecule has 0 atom stereocenters. The van der Waals surface area contributed by atoms with Crippen molar-refractivity contribution in [1.29, 1.82) is 0 Å². The molecular weight excluding hydrogens is 392 g/mol. The second kappa shape index (κ2) is 9.97. The minimum atomic E-state index is -0.0809. The summed E-state index contributed by atoms with van der Waals surface area (Å²) in [5, 5.41) is 5.95. The van der Waals surface area contributed by atoms with Gasteiger partial charge in [0.05, 0.1) is 6.54 Å². The lowest BCUT2D eigenvalue weighted by Gasteiger charge is -2.22. The van der Waals surface area contributed by atoms with Crippen molar-refractivity contribution >= 4 is 27.8 Å². The summed E-state index contributed by atoms with van der Waals surface area (Å²) < 4.78 is 1.07. The average molecular weight is 417 g/mol. The predicted molar refractivity (Wildman–Crippen MR) is 110 cm³/mol. The molecule has 2 aromatic rings. The first-order chi connectivity index (χ1) is 12.5. The highest BCUT2D eigenvalue weighted by Gasteiger charge is 2.07. The Kier molecular flexibility index (Phi) is 7.66. The number of rotatable bonds is 6. The van der Waals surface area contributed by atoms with Gasteiger partial charge in [-0.25, -0.2) is 4.99 Å². The number of nitrogens with one attached hydrogen (secondary N) is 2. The topological polar surface area (TPSA) is 56.7 Å². The normalized spacial score (nSPS) is 11.2. The molecule has 1 amide bonds. The molecule has 0 bridgehead atoms. The van der Waals surface area contributed by atoms with Gasteiger partial charge in [-0.15, -0.1) is 0 Å². The third-order valence-corrected chi connectivity index (χ3v) is 4.41. The highest BCUT2D eigenvalue weighted by molar-refractivity contribution is 9.10. The molecule has 0 radical (unpaired) electrons. The fraction of sp³-hybridized carbons (Fsp3) is 0.300. The van der Waals surface area contributed by atoms with Crippen molar-refractivity contribution < 1.29 is 4.79 Å². The lowest BCUT2D eigenvalue weighted by Crippen LogP contribution is -2.38. The molecule has 2 aromatic carbocycles. The number of amides is 1. The highest BCUT2D eigenvalue weighted by atomic mass is 79.9. The molecule has 0 saturated carbocycles. The molecule has 6 heteroatoms. The number of halogens is 1. The maximum atomic E-state index is 11.6. The van der Waals surface area contributed by atoms with Gasteiger partial charge in [0.25, 0.3) is 5.91 Å². The first-order valence-corrected chi connectivity index (χ1v) is 9.37. The van der Waals surface area contributed by atoms with E-state index in [0.717, 1.165) is 29.1 Å². The second-order valence-corrected chi connectivity index (χ2v) is 6.84. The van der Waals surface area contributed by atoms with Crippen molar-refractivity contribution in [2.75, 3.05) is 20.6 Å². The summed E-state index contributed by atoms with van der Waals surface area (Å²) in [5.41, 5.74) is 2.93. The molecule has 0 saturated heterocycles. The van der Waals surface area contributed by atoms with Gasteiger partial charge in [-0.05, 0) is 42.3 Å². The number of guanidine groups is 1. The van der Waals surface area contributed by atoms with Crippen LogP contribution in [0.1, 0.15) is 28.4 Å². The minimum Gasteiger partial charge on any atom is -0.357 e. The second-order valence-electron chi connectivity index (χ2n) is 5.93. The number of benzene rings is 2. The Balaban J connectivity index is 2.05. The Hall–Kier alpha value is -2.34. The van der Waals surface area contributed by atoms with Crippen molar-refractivity contribution in [3.05, 3.63) is 69.7 Å². The minimum absolute atomic E-state index is 0.0809. The lowest BCUT2D eigenvalue weighted by molar-refractivity contribution is 0.0963. The zero-order valence-electron chi connectivity index (χ0n) is 15.4. The van der Waals surface area contributed by atoms with Crippen LogP contribution in [0.2, 0.25) is 0 Å². The average Bonchev–Trinajstić information content (AvgIpc) is 2.66. The molecule has 2 rings (SSSR count). The van der Waals surface area contributed by atoms with Crippen LogP contribution in [0.5, 0.6) is 0 Å². The van der Waals surface area contributed by atoms with E-state index in [4.69, 9.17) is 4.99 Å². The van der Waals surface area contributed by atoms with Gasteiger partial charge in [0.1, 0.15) is 0 Å². The maximum Gasteiger partial charge on any atom is 0.251 e. The van der Waals surface area contributed by atoms with Crippen LogP contribution in [-0.2, 0) is 13.1 Å². The largest absolute Gasteiger partial charge is 0.357 e. The van der Waals surface area contributed by atoms with Gasteiger partial charge in [-0.2, -0.15) is 0 Å². The van der Waals surface area contributed by atoms with Crippen LogP contribution >= 0.6 is 15.9 Å². The number of aliphatic imine (C=N–C) groups is 1. The Labute approximate surface area is 163 Å². The van der Waals surface area contributed by atoms with Crippen molar-refractivity contribution in [2.45, 2.75) is 20.0 Å². The molecule has 0 aromatic heterocycles. The van der Waals surface area contributed by atoms with Crippen LogP contribution in [0.15, 0.2) is 58.0 Å². The predicted octanol–water partition coefficient (Wildman–Crippen LogP) is 3.41. The lowest BCUT2D eigenvalue weighted by atomic mass is 10.1. The van der Waals surface area contributed by atoms with E-state index in [1.165, 1.54) is 5.56 Å². The van der Waals surface area contributed by atoms with Crippen molar-refractivity contribution in [3.63, 3.8) is 0 Å². The first kappa shape index (κ1) is 20.0. The molecule has 0 aliphatic rings. The third kappa shape index (κ3) is 5.88. The molecule has 26 heavy (non-hydrogen) atoms. The summed E-state index contributed by atoms with van der Waals surface area (Å²) in [5.74, 6) is 0.772. The molecule has 2 N–H and O–H groups in total. The van der Waals surface area contributed by atoms with E-state index in [1.54, 1.807) is 7.05 Å². The Morgan fingerprint density at radius 3 is 2.27 bits per heavy atom. The van der Waals surface area contributed by atoms with Crippen LogP contribution in [-0.4, -0.2) is 37.4 Å². The summed E-state index contributed by atoms with van der Waals surface area (Å²) >= 11 is 3.46. The Bertz CT molecular complexity index is 741. The Morgan fingerprint density at radius 1 is 1.08 bits per heavy atom. The summed E-state index contributed by atoms with van der Waals surface area (Å²) in [7, 11) is 3.66. The van der Waals surface area contributed by atoms with Gasteiger partial charge in [0.2, 0.25) is 0 Å². The highest BCUT2D eigenvalue weighted by Crippen LogP contribution is 2.12. The summed E-state index contributed by atoms with van der Waals surface area (Å²) in [6.45, 7) is 4.19. The van der Waals surface area contributed by atoms with Crippen molar-refractivity contribution in [3.8, 4) is 0 Å². The van der Waals surface area contributed by atoms with E-state index in [1.807, 2.05) is 43.4 Å². The standard InChI is InChI=1S/C20H25BrN4O/c1-4-23-20(25(3)14-16-7-11-18(21)12-8-16)24-13-15-5-9-17(10-6-15)19(26)22-2/h5-12H,4,13-14H2,1-3H3,(H,22,26)(H,23,24). The monoisotopic (exact) mass is 416 g/mol. The summed E-state index contributed by atoms with van der Waals surface area (Å²) in [6.07, 6.45) is 0. The number of carbonyl (C=O) groups excluding carboxylic acids is 1. The van der Waals surface area contributed by atoms with E-state index < -0.39 is 0 Å². The maximum absolute atomic E-state index is 11.6. The molecular formula is C20H25BrN4O. The van der Waals surface area contributed by atoms with Crippen LogP contribution in [0, 0.1) is 0 Å².